The SMILES string of the molecule is CCOC(=O)C1=C(CN2CCCCC2)NC(=O)N[C@H]1c1ccccc1Cl. The highest BCUT2D eigenvalue weighted by Crippen LogP contribution is 2.32. The normalized spacial score (nSPS) is 21.2. The molecule has 1 atom stereocenters. The molecule has 3 rings (SSSR count). The van der Waals surface area contributed by atoms with Gasteiger partial charge in [-0.2, -0.15) is 0 Å². The Labute approximate surface area is 158 Å². The standard InChI is InChI=1S/C19H24ClN3O3/c1-2-26-18(24)16-15(12-23-10-6-3-7-11-23)21-19(25)22-17(16)13-8-4-5-9-14(13)20/h4-5,8-9,17H,2-3,6-7,10-12H2,1H3,(H2,21,22,25)/t17-/m0/s1. The van der Waals surface area contributed by atoms with Crippen LogP contribution in [0.4, 0.5) is 4.79 Å². The van der Waals surface area contributed by atoms with E-state index >= 15 is 0 Å². The van der Waals surface area contributed by atoms with E-state index in [0.717, 1.165) is 25.9 Å². The number of halogens is 1. The number of rotatable bonds is 5. The fraction of sp³-hybridized carbons (Fsp3) is 0.474. The van der Waals surface area contributed by atoms with E-state index in [1.54, 1.807) is 13.0 Å². The summed E-state index contributed by atoms with van der Waals surface area (Å²) in [6.45, 7) is 4.46. The third kappa shape index (κ3) is 4.19. The Morgan fingerprint density at radius 1 is 1.27 bits per heavy atom. The van der Waals surface area contributed by atoms with Crippen molar-refractivity contribution in [3.63, 3.8) is 0 Å². The fourth-order valence-corrected chi connectivity index (χ4v) is 3.72. The molecular weight excluding hydrogens is 354 g/mol. The highest BCUT2D eigenvalue weighted by molar-refractivity contribution is 6.31. The van der Waals surface area contributed by atoms with Crippen molar-refractivity contribution >= 4 is 23.6 Å². The van der Waals surface area contributed by atoms with E-state index in [0.29, 0.717) is 28.4 Å². The summed E-state index contributed by atoms with van der Waals surface area (Å²) in [5.41, 5.74) is 1.70. The third-order valence-electron chi connectivity index (χ3n) is 4.70. The van der Waals surface area contributed by atoms with Crippen LogP contribution >= 0.6 is 11.6 Å². The molecule has 0 spiro atoms. The van der Waals surface area contributed by atoms with Crippen LogP contribution < -0.4 is 10.6 Å². The minimum Gasteiger partial charge on any atom is -0.463 e. The van der Waals surface area contributed by atoms with Crippen molar-refractivity contribution < 1.29 is 14.3 Å². The van der Waals surface area contributed by atoms with Gasteiger partial charge in [-0.05, 0) is 44.5 Å². The van der Waals surface area contributed by atoms with Crippen LogP contribution in [0.15, 0.2) is 35.5 Å². The largest absolute Gasteiger partial charge is 0.463 e. The first-order valence-electron chi connectivity index (χ1n) is 9.04. The van der Waals surface area contributed by atoms with Crippen molar-refractivity contribution in [2.24, 2.45) is 0 Å². The maximum absolute atomic E-state index is 12.7. The van der Waals surface area contributed by atoms with Gasteiger partial charge in [0.05, 0.1) is 18.2 Å². The van der Waals surface area contributed by atoms with Gasteiger partial charge in [0, 0.05) is 17.3 Å². The van der Waals surface area contributed by atoms with Gasteiger partial charge in [-0.3, -0.25) is 4.90 Å². The molecular formula is C19H24ClN3O3. The molecule has 2 amide bonds. The molecule has 1 aromatic rings. The van der Waals surface area contributed by atoms with Crippen LogP contribution in [0.1, 0.15) is 37.8 Å². The molecule has 0 aliphatic carbocycles. The van der Waals surface area contributed by atoms with Crippen LogP contribution in [-0.2, 0) is 9.53 Å². The maximum atomic E-state index is 12.7. The number of piperidine rings is 1. The van der Waals surface area contributed by atoms with E-state index in [2.05, 4.69) is 15.5 Å². The van der Waals surface area contributed by atoms with E-state index in [1.165, 1.54) is 6.42 Å². The van der Waals surface area contributed by atoms with E-state index in [-0.39, 0.29) is 12.6 Å². The van der Waals surface area contributed by atoms with Crippen LogP contribution in [0, 0.1) is 0 Å². The summed E-state index contributed by atoms with van der Waals surface area (Å²) in [5, 5.41) is 6.13. The second-order valence-corrected chi connectivity index (χ2v) is 6.91. The van der Waals surface area contributed by atoms with Gasteiger partial charge >= 0.3 is 12.0 Å². The van der Waals surface area contributed by atoms with Crippen LogP contribution in [0.3, 0.4) is 0 Å². The molecule has 0 saturated carbocycles. The van der Waals surface area contributed by atoms with Gasteiger partial charge in [-0.15, -0.1) is 0 Å². The summed E-state index contributed by atoms with van der Waals surface area (Å²) in [5.74, 6) is -0.433. The number of nitrogens with one attached hydrogen (secondary N) is 2. The Morgan fingerprint density at radius 2 is 2.00 bits per heavy atom. The molecule has 0 unspecified atom stereocenters. The highest BCUT2D eigenvalue weighted by atomic mass is 35.5. The second kappa shape index (κ2) is 8.56. The fourth-order valence-electron chi connectivity index (χ4n) is 3.48. The molecule has 26 heavy (non-hydrogen) atoms. The lowest BCUT2D eigenvalue weighted by molar-refractivity contribution is -0.139. The molecule has 2 aliphatic heterocycles. The lowest BCUT2D eigenvalue weighted by Crippen LogP contribution is -2.49. The number of likely N-dealkylation sites (tertiary alicyclic amines) is 1. The molecule has 140 valence electrons. The monoisotopic (exact) mass is 377 g/mol. The van der Waals surface area contributed by atoms with E-state index in [4.69, 9.17) is 16.3 Å². The molecule has 6 nitrogen and oxygen atoms in total. The average molecular weight is 378 g/mol. The number of nitrogens with zero attached hydrogens (tertiary/aromatic N) is 1. The molecule has 0 bridgehead atoms. The van der Waals surface area contributed by atoms with Gasteiger partial charge in [-0.25, -0.2) is 9.59 Å². The summed E-state index contributed by atoms with van der Waals surface area (Å²) in [6, 6.07) is 6.25. The zero-order valence-electron chi connectivity index (χ0n) is 14.9. The minimum absolute atomic E-state index is 0.266. The minimum atomic E-state index is -0.628. The molecule has 1 fully saturated rings. The molecule has 0 aromatic heterocycles. The number of esters is 1. The molecule has 7 heteroatoms. The smallest absolute Gasteiger partial charge is 0.338 e. The van der Waals surface area contributed by atoms with E-state index in [9.17, 15) is 9.59 Å². The zero-order valence-corrected chi connectivity index (χ0v) is 15.6. The highest BCUT2D eigenvalue weighted by Gasteiger charge is 2.35. The first-order chi connectivity index (χ1) is 12.6. The summed E-state index contributed by atoms with van der Waals surface area (Å²) in [4.78, 5) is 27.2. The van der Waals surface area contributed by atoms with Crippen molar-refractivity contribution in [3.05, 3.63) is 46.1 Å². The molecule has 0 radical (unpaired) electrons. The van der Waals surface area contributed by atoms with Crippen molar-refractivity contribution in [2.45, 2.75) is 32.2 Å². The van der Waals surface area contributed by atoms with Gasteiger partial charge in [0.1, 0.15) is 0 Å². The van der Waals surface area contributed by atoms with Crippen LogP contribution in [-0.4, -0.2) is 43.1 Å². The molecule has 2 heterocycles. The van der Waals surface area contributed by atoms with Crippen molar-refractivity contribution in [2.75, 3.05) is 26.2 Å². The van der Waals surface area contributed by atoms with E-state index < -0.39 is 12.0 Å². The first-order valence-corrected chi connectivity index (χ1v) is 9.42. The molecule has 2 N–H and O–H groups in total. The van der Waals surface area contributed by atoms with Crippen molar-refractivity contribution in [3.8, 4) is 0 Å². The van der Waals surface area contributed by atoms with Gasteiger partial charge in [0.2, 0.25) is 0 Å². The van der Waals surface area contributed by atoms with Crippen LogP contribution in [0.5, 0.6) is 0 Å². The summed E-state index contributed by atoms with van der Waals surface area (Å²) in [7, 11) is 0. The third-order valence-corrected chi connectivity index (χ3v) is 5.04. The van der Waals surface area contributed by atoms with Crippen molar-refractivity contribution in [1.82, 2.24) is 15.5 Å². The summed E-state index contributed by atoms with van der Waals surface area (Å²) < 4.78 is 5.28. The van der Waals surface area contributed by atoms with Gasteiger partial charge < -0.3 is 15.4 Å². The lowest BCUT2D eigenvalue weighted by Gasteiger charge is -2.33. The van der Waals surface area contributed by atoms with Gasteiger partial charge in [0.25, 0.3) is 0 Å². The van der Waals surface area contributed by atoms with Gasteiger partial charge in [0.15, 0.2) is 0 Å². The molecule has 1 aromatic carbocycles. The number of urea groups is 1. The Kier molecular flexibility index (Phi) is 6.16. The first kappa shape index (κ1) is 18.7. The summed E-state index contributed by atoms with van der Waals surface area (Å²) in [6.07, 6.45) is 3.47. The Balaban J connectivity index is 2.00. The second-order valence-electron chi connectivity index (χ2n) is 6.50. The number of hydrogen-bond donors (Lipinski definition) is 2. The predicted molar refractivity (Wildman–Crippen MR) is 99.8 cm³/mol. The summed E-state index contributed by atoms with van der Waals surface area (Å²) >= 11 is 6.34. The quantitative estimate of drug-likeness (QED) is 0.774. The Morgan fingerprint density at radius 3 is 2.69 bits per heavy atom. The van der Waals surface area contributed by atoms with Crippen LogP contribution in [0.25, 0.3) is 0 Å². The zero-order chi connectivity index (χ0) is 18.5. The molecule has 1 saturated heterocycles. The Hall–Kier alpha value is -2.05. The number of amides is 2. The van der Waals surface area contributed by atoms with E-state index in [1.807, 2.05) is 18.2 Å². The van der Waals surface area contributed by atoms with Crippen LogP contribution in [0.2, 0.25) is 5.02 Å². The Bertz CT molecular complexity index is 714. The maximum Gasteiger partial charge on any atom is 0.338 e. The average Bonchev–Trinajstić information content (AvgIpc) is 2.62. The number of carbonyl (C=O) groups is 2. The lowest BCUT2D eigenvalue weighted by atomic mass is 9.94. The number of carbonyl (C=O) groups excluding carboxylic acids is 2. The van der Waals surface area contributed by atoms with Gasteiger partial charge in [-0.1, -0.05) is 36.2 Å². The number of hydrogen-bond acceptors (Lipinski definition) is 4. The predicted octanol–water partition coefficient (Wildman–Crippen LogP) is 3.00. The topological polar surface area (TPSA) is 70.7 Å². The molecule has 2 aliphatic rings. The van der Waals surface area contributed by atoms with Crippen molar-refractivity contribution in [1.29, 1.82) is 0 Å². The number of benzene rings is 1. The number of ether oxygens (including phenoxy) is 1.